The first-order valence-corrected chi connectivity index (χ1v) is 3.02. The molecule has 0 rings (SSSR count). The molecule has 56 valence electrons. The second kappa shape index (κ2) is 4.77. The van der Waals surface area contributed by atoms with Crippen molar-refractivity contribution in [2.75, 3.05) is 13.6 Å². The van der Waals surface area contributed by atoms with Crippen molar-refractivity contribution in [1.82, 2.24) is 10.6 Å². The summed E-state index contributed by atoms with van der Waals surface area (Å²) in [5.41, 5.74) is 0. The van der Waals surface area contributed by atoms with E-state index in [1.54, 1.807) is 7.05 Å². The van der Waals surface area contributed by atoms with Gasteiger partial charge < -0.3 is 10.6 Å². The second-order valence-electron chi connectivity index (χ2n) is 1.94. The second-order valence-corrected chi connectivity index (χ2v) is 1.94. The molecule has 4 heteroatoms. The molecule has 0 aliphatic carbocycles. The molecule has 2 N–H and O–H groups in total. The van der Waals surface area contributed by atoms with Gasteiger partial charge in [0.2, 0.25) is 5.91 Å². The quantitative estimate of drug-likeness (QED) is 0.542. The van der Waals surface area contributed by atoms with E-state index in [0.717, 1.165) is 0 Å². The molecule has 1 unspecified atom stereocenters. The maximum absolute atomic E-state index is 10.4. The summed E-state index contributed by atoms with van der Waals surface area (Å²) in [6.45, 7) is 1.87. The van der Waals surface area contributed by atoms with Crippen LogP contribution < -0.4 is 10.6 Å². The molecule has 0 aliphatic heterocycles. The lowest BCUT2D eigenvalue weighted by molar-refractivity contribution is -0.119. The van der Waals surface area contributed by atoms with Gasteiger partial charge in [-0.3, -0.25) is 4.79 Å². The van der Waals surface area contributed by atoms with Crippen molar-refractivity contribution in [2.24, 2.45) is 0 Å². The number of hydrogen-bond acceptors (Lipinski definition) is 3. The largest absolute Gasteiger partial charge is 0.339 e. The van der Waals surface area contributed by atoms with Crippen LogP contribution in [0.25, 0.3) is 0 Å². The molecule has 0 fully saturated rings. The Hall–Kier alpha value is -1.08. The number of rotatable bonds is 3. The number of carbonyl (C=O) groups is 1. The van der Waals surface area contributed by atoms with Crippen molar-refractivity contribution in [1.29, 1.82) is 5.26 Å². The lowest BCUT2D eigenvalue weighted by atomic mass is 10.3. The van der Waals surface area contributed by atoms with E-state index in [-0.39, 0.29) is 5.91 Å². The molecule has 1 atom stereocenters. The molecule has 1 amide bonds. The first-order chi connectivity index (χ1) is 4.70. The van der Waals surface area contributed by atoms with Gasteiger partial charge in [-0.05, 0) is 7.05 Å². The van der Waals surface area contributed by atoms with Crippen LogP contribution in [0, 0.1) is 11.3 Å². The van der Waals surface area contributed by atoms with Crippen molar-refractivity contribution < 1.29 is 4.79 Å². The molecule has 0 bridgehead atoms. The predicted molar refractivity (Wildman–Crippen MR) is 37.1 cm³/mol. The van der Waals surface area contributed by atoms with Crippen LogP contribution in [-0.4, -0.2) is 25.5 Å². The third-order valence-corrected chi connectivity index (χ3v) is 0.942. The molecular weight excluding hydrogens is 130 g/mol. The van der Waals surface area contributed by atoms with Gasteiger partial charge in [-0.25, -0.2) is 0 Å². The van der Waals surface area contributed by atoms with Gasteiger partial charge in [0.15, 0.2) is 0 Å². The summed E-state index contributed by atoms with van der Waals surface area (Å²) in [5.74, 6) is -0.179. The number of nitrogens with one attached hydrogen (secondary N) is 2. The first-order valence-electron chi connectivity index (χ1n) is 3.02. The Balaban J connectivity index is 3.63. The maximum Gasteiger partial charge on any atom is 0.217 e. The number of hydrogen-bond donors (Lipinski definition) is 2. The lowest BCUT2D eigenvalue weighted by Crippen LogP contribution is -2.38. The minimum Gasteiger partial charge on any atom is -0.339 e. The van der Waals surface area contributed by atoms with E-state index in [2.05, 4.69) is 10.6 Å². The minimum atomic E-state index is -0.414. The van der Waals surface area contributed by atoms with Gasteiger partial charge >= 0.3 is 0 Å². The van der Waals surface area contributed by atoms with E-state index in [1.807, 2.05) is 6.07 Å². The van der Waals surface area contributed by atoms with Gasteiger partial charge in [0.25, 0.3) is 0 Å². The van der Waals surface area contributed by atoms with Gasteiger partial charge in [-0.2, -0.15) is 5.26 Å². The normalized spacial score (nSPS) is 11.7. The first kappa shape index (κ1) is 8.92. The summed E-state index contributed by atoms with van der Waals surface area (Å²) in [7, 11) is 1.73. The van der Waals surface area contributed by atoms with Gasteiger partial charge in [-0.1, -0.05) is 0 Å². The molecule has 10 heavy (non-hydrogen) atoms. The molecule has 0 saturated carbocycles. The summed E-state index contributed by atoms with van der Waals surface area (Å²) < 4.78 is 0. The van der Waals surface area contributed by atoms with Crippen LogP contribution in [0.1, 0.15) is 6.92 Å². The fourth-order valence-corrected chi connectivity index (χ4v) is 0.578. The maximum atomic E-state index is 10.4. The fraction of sp³-hybridized carbons (Fsp3) is 0.667. The molecule has 0 radical (unpaired) electrons. The van der Waals surface area contributed by atoms with E-state index in [4.69, 9.17) is 5.26 Å². The number of nitrogens with zero attached hydrogens (tertiary/aromatic N) is 1. The van der Waals surface area contributed by atoms with Crippen LogP contribution in [0.15, 0.2) is 0 Å². The Morgan fingerprint density at radius 1 is 1.80 bits per heavy atom. The van der Waals surface area contributed by atoms with Gasteiger partial charge in [0.05, 0.1) is 6.07 Å². The van der Waals surface area contributed by atoms with Gasteiger partial charge in [-0.15, -0.1) is 0 Å². The van der Waals surface area contributed by atoms with Crippen molar-refractivity contribution in [3.8, 4) is 6.07 Å². The molecule has 0 aliphatic rings. The van der Waals surface area contributed by atoms with Crippen LogP contribution in [0.5, 0.6) is 0 Å². The van der Waals surface area contributed by atoms with Crippen LogP contribution in [-0.2, 0) is 4.79 Å². The van der Waals surface area contributed by atoms with Crippen LogP contribution in [0.3, 0.4) is 0 Å². The van der Waals surface area contributed by atoms with Crippen molar-refractivity contribution in [3.63, 3.8) is 0 Å². The summed E-state index contributed by atoms with van der Waals surface area (Å²) in [6.07, 6.45) is 0. The highest BCUT2D eigenvalue weighted by atomic mass is 16.1. The topological polar surface area (TPSA) is 64.9 Å². The smallest absolute Gasteiger partial charge is 0.217 e. The summed E-state index contributed by atoms with van der Waals surface area (Å²) in [4.78, 5) is 10.4. The predicted octanol–water partition coefficient (Wildman–Crippen LogP) is -0.766. The zero-order valence-corrected chi connectivity index (χ0v) is 6.14. The molecule has 0 aromatic rings. The number of nitriles is 1. The molecular formula is C6H11N3O. The zero-order chi connectivity index (χ0) is 7.98. The van der Waals surface area contributed by atoms with Gasteiger partial charge in [0, 0.05) is 13.5 Å². The third kappa shape index (κ3) is 3.87. The fourth-order valence-electron chi connectivity index (χ4n) is 0.578. The monoisotopic (exact) mass is 141 g/mol. The summed E-state index contributed by atoms with van der Waals surface area (Å²) in [5, 5.41) is 13.7. The molecule has 0 aromatic heterocycles. The Bertz CT molecular complexity index is 150. The van der Waals surface area contributed by atoms with Crippen LogP contribution in [0.4, 0.5) is 0 Å². The molecule has 0 aromatic carbocycles. The SMILES string of the molecule is CNCC(C#N)NC(C)=O. The molecule has 4 nitrogen and oxygen atoms in total. The zero-order valence-electron chi connectivity index (χ0n) is 6.14. The Kier molecular flexibility index (Phi) is 4.25. The minimum absolute atomic E-state index is 0.179. The number of carbonyl (C=O) groups excluding carboxylic acids is 1. The van der Waals surface area contributed by atoms with E-state index in [1.165, 1.54) is 6.92 Å². The van der Waals surface area contributed by atoms with E-state index < -0.39 is 6.04 Å². The average Bonchev–Trinajstić information content (AvgIpc) is 1.86. The number of amides is 1. The van der Waals surface area contributed by atoms with E-state index in [0.29, 0.717) is 6.54 Å². The third-order valence-electron chi connectivity index (χ3n) is 0.942. The Morgan fingerprint density at radius 2 is 2.40 bits per heavy atom. The standard InChI is InChI=1S/C6H11N3O/c1-5(10)9-6(3-7)4-8-2/h6,8H,4H2,1-2H3,(H,9,10). The Labute approximate surface area is 60.2 Å². The van der Waals surface area contributed by atoms with E-state index >= 15 is 0 Å². The lowest BCUT2D eigenvalue weighted by Gasteiger charge is -2.07. The van der Waals surface area contributed by atoms with Crippen molar-refractivity contribution in [3.05, 3.63) is 0 Å². The molecule has 0 heterocycles. The van der Waals surface area contributed by atoms with Crippen molar-refractivity contribution >= 4 is 5.91 Å². The summed E-state index contributed by atoms with van der Waals surface area (Å²) in [6, 6.07) is 1.53. The van der Waals surface area contributed by atoms with Crippen molar-refractivity contribution in [2.45, 2.75) is 13.0 Å². The Morgan fingerprint density at radius 3 is 2.70 bits per heavy atom. The number of likely N-dealkylation sites (N-methyl/N-ethyl adjacent to an activating group) is 1. The molecule has 0 saturated heterocycles. The highest BCUT2D eigenvalue weighted by molar-refractivity contribution is 5.73. The highest BCUT2D eigenvalue weighted by Gasteiger charge is 2.04. The highest BCUT2D eigenvalue weighted by Crippen LogP contribution is 1.76. The van der Waals surface area contributed by atoms with Crippen LogP contribution >= 0.6 is 0 Å². The van der Waals surface area contributed by atoms with Crippen LogP contribution in [0.2, 0.25) is 0 Å². The van der Waals surface area contributed by atoms with E-state index in [9.17, 15) is 4.79 Å². The average molecular weight is 141 g/mol. The van der Waals surface area contributed by atoms with Gasteiger partial charge in [0.1, 0.15) is 6.04 Å². The summed E-state index contributed by atoms with van der Waals surface area (Å²) >= 11 is 0. The molecule has 0 spiro atoms.